The summed E-state index contributed by atoms with van der Waals surface area (Å²) in [6, 6.07) is 16.3. The van der Waals surface area contributed by atoms with Crippen molar-refractivity contribution in [2.45, 2.75) is 17.3 Å². The molecule has 2 aromatic carbocycles. The van der Waals surface area contributed by atoms with Crippen molar-refractivity contribution < 1.29 is 19.2 Å². The minimum atomic E-state index is -0.497. The van der Waals surface area contributed by atoms with Gasteiger partial charge in [0.05, 0.1) is 10.2 Å². The number of nitrogens with zero attached hydrogens (tertiary/aromatic N) is 1. The number of aromatic amines is 1. The maximum absolute atomic E-state index is 12.7. The van der Waals surface area contributed by atoms with Crippen LogP contribution < -0.4 is 5.32 Å². The molecule has 3 aromatic rings. The Morgan fingerprint density at radius 3 is 2.57 bits per heavy atom. The molecular formula is C21H23N3O5S. The molecule has 0 aliphatic rings. The third kappa shape index (κ3) is 5.18. The number of hydrogen-bond donors (Lipinski definition) is 2. The van der Waals surface area contributed by atoms with Crippen LogP contribution in [0.3, 0.4) is 0 Å². The monoisotopic (exact) mass is 429 g/mol. The van der Waals surface area contributed by atoms with Crippen LogP contribution in [0.4, 0.5) is 5.69 Å². The second-order valence-corrected chi connectivity index (χ2v) is 7.79. The van der Waals surface area contributed by atoms with E-state index >= 15 is 0 Å². The number of aromatic nitrogens is 1. The van der Waals surface area contributed by atoms with Crippen LogP contribution in [0.5, 0.6) is 0 Å². The molecule has 1 atom stereocenters. The summed E-state index contributed by atoms with van der Waals surface area (Å²) >= 11 is 1.62. The number of nitro benzene ring substituents is 1. The van der Waals surface area contributed by atoms with Gasteiger partial charge in [0.15, 0.2) is 6.29 Å². The topological polar surface area (TPSA) is 106 Å². The zero-order valence-electron chi connectivity index (χ0n) is 16.7. The standard InChI is InChI=1S/C21H23N3O5S/c1-28-21(29-2)18(30-13-14-7-4-3-5-8-14)12-22-20(25)16-11-15-9-6-10-17(24(26)27)19(15)23-16/h3-11,18,21,23H,12-13H2,1-2H3,(H,22,25). The number of nitrogens with one attached hydrogen (secondary N) is 2. The molecule has 0 saturated carbocycles. The first-order valence-corrected chi connectivity index (χ1v) is 10.3. The second kappa shape index (κ2) is 10.2. The van der Waals surface area contributed by atoms with Gasteiger partial charge in [-0.05, 0) is 11.6 Å². The maximum Gasteiger partial charge on any atom is 0.293 e. The molecule has 8 nitrogen and oxygen atoms in total. The van der Waals surface area contributed by atoms with Gasteiger partial charge in [-0.25, -0.2) is 0 Å². The van der Waals surface area contributed by atoms with Gasteiger partial charge in [-0.2, -0.15) is 0 Å². The van der Waals surface area contributed by atoms with Gasteiger partial charge >= 0.3 is 0 Å². The molecule has 158 valence electrons. The van der Waals surface area contributed by atoms with Gasteiger partial charge in [-0.3, -0.25) is 14.9 Å². The van der Waals surface area contributed by atoms with E-state index in [0.29, 0.717) is 17.4 Å². The van der Waals surface area contributed by atoms with Gasteiger partial charge in [0, 0.05) is 38.0 Å². The molecule has 1 amide bonds. The van der Waals surface area contributed by atoms with E-state index in [0.717, 1.165) is 11.3 Å². The van der Waals surface area contributed by atoms with Crippen LogP contribution in [0.25, 0.3) is 10.9 Å². The molecule has 1 heterocycles. The summed E-state index contributed by atoms with van der Waals surface area (Å²) < 4.78 is 10.8. The summed E-state index contributed by atoms with van der Waals surface area (Å²) in [5.41, 5.74) is 1.68. The Labute approximate surface area is 178 Å². The molecule has 1 unspecified atom stereocenters. The minimum absolute atomic E-state index is 0.0679. The van der Waals surface area contributed by atoms with Crippen molar-refractivity contribution in [1.29, 1.82) is 0 Å². The first-order chi connectivity index (χ1) is 14.5. The molecule has 0 aliphatic heterocycles. The largest absolute Gasteiger partial charge is 0.355 e. The smallest absolute Gasteiger partial charge is 0.293 e. The lowest BCUT2D eigenvalue weighted by Gasteiger charge is -2.24. The van der Waals surface area contributed by atoms with Gasteiger partial charge in [0.2, 0.25) is 0 Å². The maximum atomic E-state index is 12.7. The van der Waals surface area contributed by atoms with E-state index in [1.165, 1.54) is 6.07 Å². The Kier molecular flexibility index (Phi) is 7.45. The predicted molar refractivity (Wildman–Crippen MR) is 117 cm³/mol. The number of H-pyrrole nitrogens is 1. The van der Waals surface area contributed by atoms with E-state index in [9.17, 15) is 14.9 Å². The lowest BCUT2D eigenvalue weighted by Crippen LogP contribution is -2.39. The average Bonchev–Trinajstić information content (AvgIpc) is 3.20. The molecule has 0 fully saturated rings. The van der Waals surface area contributed by atoms with Gasteiger partial charge in [-0.15, -0.1) is 11.8 Å². The van der Waals surface area contributed by atoms with Gasteiger partial charge in [0.25, 0.3) is 11.6 Å². The lowest BCUT2D eigenvalue weighted by molar-refractivity contribution is -0.383. The van der Waals surface area contributed by atoms with Crippen LogP contribution >= 0.6 is 11.8 Å². The number of ether oxygens (including phenoxy) is 2. The predicted octanol–water partition coefficient (Wildman–Crippen LogP) is 3.73. The minimum Gasteiger partial charge on any atom is -0.355 e. The summed E-state index contributed by atoms with van der Waals surface area (Å²) in [6.45, 7) is 0.306. The van der Waals surface area contributed by atoms with Gasteiger partial charge < -0.3 is 19.8 Å². The third-order valence-corrected chi connectivity index (χ3v) is 5.93. The van der Waals surface area contributed by atoms with E-state index in [2.05, 4.69) is 10.3 Å². The van der Waals surface area contributed by atoms with E-state index in [1.807, 2.05) is 30.3 Å². The summed E-state index contributed by atoms with van der Waals surface area (Å²) in [5, 5.41) is 14.5. The molecule has 30 heavy (non-hydrogen) atoms. The summed E-state index contributed by atoms with van der Waals surface area (Å²) in [5.74, 6) is 0.389. The Morgan fingerprint density at radius 2 is 1.90 bits per heavy atom. The van der Waals surface area contributed by atoms with Crippen molar-refractivity contribution in [3.8, 4) is 0 Å². The Bertz CT molecular complexity index is 1000. The van der Waals surface area contributed by atoms with Crippen LogP contribution in [0, 0.1) is 10.1 Å². The molecule has 0 saturated heterocycles. The van der Waals surface area contributed by atoms with Crippen molar-refractivity contribution in [1.82, 2.24) is 10.3 Å². The first-order valence-electron chi connectivity index (χ1n) is 9.29. The van der Waals surface area contributed by atoms with Crippen molar-refractivity contribution in [3.05, 3.63) is 76.0 Å². The van der Waals surface area contributed by atoms with Gasteiger partial charge in [-0.1, -0.05) is 42.5 Å². The normalized spacial score (nSPS) is 12.2. The summed E-state index contributed by atoms with van der Waals surface area (Å²) in [6.07, 6.45) is -0.497. The fourth-order valence-electron chi connectivity index (χ4n) is 3.11. The molecule has 0 spiro atoms. The fraction of sp³-hybridized carbons (Fsp3) is 0.286. The Hall–Kier alpha value is -2.88. The van der Waals surface area contributed by atoms with Crippen LogP contribution in [-0.4, -0.2) is 48.1 Å². The van der Waals surface area contributed by atoms with Crippen molar-refractivity contribution in [2.24, 2.45) is 0 Å². The fourth-order valence-corrected chi connectivity index (χ4v) is 4.29. The number of carbonyl (C=O) groups excluding carboxylic acids is 1. The number of carbonyl (C=O) groups is 1. The number of thioether (sulfide) groups is 1. The molecule has 9 heteroatoms. The second-order valence-electron chi connectivity index (χ2n) is 6.57. The zero-order chi connectivity index (χ0) is 21.5. The van der Waals surface area contributed by atoms with Crippen LogP contribution in [-0.2, 0) is 15.2 Å². The van der Waals surface area contributed by atoms with Crippen LogP contribution in [0.15, 0.2) is 54.6 Å². The quantitative estimate of drug-likeness (QED) is 0.289. The number of non-ortho nitro benzene ring substituents is 1. The molecule has 2 N–H and O–H groups in total. The number of fused-ring (bicyclic) bond motifs is 1. The molecular weight excluding hydrogens is 406 g/mol. The van der Waals surface area contributed by atoms with E-state index in [4.69, 9.17) is 9.47 Å². The van der Waals surface area contributed by atoms with Gasteiger partial charge in [0.1, 0.15) is 11.2 Å². The number of benzene rings is 2. The Morgan fingerprint density at radius 1 is 1.17 bits per heavy atom. The molecule has 1 aromatic heterocycles. The van der Waals surface area contributed by atoms with E-state index in [-0.39, 0.29) is 22.5 Å². The molecule has 0 aliphatic carbocycles. The number of amides is 1. The number of nitro groups is 1. The highest BCUT2D eigenvalue weighted by Gasteiger charge is 2.23. The van der Waals surface area contributed by atoms with Crippen LogP contribution in [0.2, 0.25) is 0 Å². The number of para-hydroxylation sites is 1. The number of hydrogen-bond acceptors (Lipinski definition) is 6. The first kappa shape index (κ1) is 21.8. The SMILES string of the molecule is COC(OC)C(CNC(=O)c1cc2cccc([N+](=O)[O-])c2[nH]1)SCc1ccccc1. The molecule has 0 radical (unpaired) electrons. The number of methoxy groups -OCH3 is 2. The average molecular weight is 429 g/mol. The van der Waals surface area contributed by atoms with Crippen LogP contribution in [0.1, 0.15) is 16.1 Å². The zero-order valence-corrected chi connectivity index (χ0v) is 17.5. The Balaban J connectivity index is 1.69. The number of rotatable bonds is 10. The highest BCUT2D eigenvalue weighted by Crippen LogP contribution is 2.26. The highest BCUT2D eigenvalue weighted by molar-refractivity contribution is 7.99. The van der Waals surface area contributed by atoms with E-state index in [1.54, 1.807) is 44.2 Å². The molecule has 3 rings (SSSR count). The van der Waals surface area contributed by atoms with Crippen molar-refractivity contribution >= 4 is 34.3 Å². The molecule has 0 bridgehead atoms. The summed E-state index contributed by atoms with van der Waals surface area (Å²) in [7, 11) is 3.12. The van der Waals surface area contributed by atoms with E-state index < -0.39 is 11.2 Å². The van der Waals surface area contributed by atoms with Crippen molar-refractivity contribution in [2.75, 3.05) is 20.8 Å². The third-order valence-electron chi connectivity index (χ3n) is 4.61. The summed E-state index contributed by atoms with van der Waals surface area (Å²) in [4.78, 5) is 26.3. The highest BCUT2D eigenvalue weighted by atomic mass is 32.2. The van der Waals surface area contributed by atoms with Crippen molar-refractivity contribution in [3.63, 3.8) is 0 Å². The lowest BCUT2D eigenvalue weighted by atomic mass is 10.2.